The van der Waals surface area contributed by atoms with Gasteiger partial charge in [0, 0.05) is 30.6 Å². The molecule has 0 bridgehead atoms. The Kier molecular flexibility index (Phi) is 6.05. The highest BCUT2D eigenvalue weighted by atomic mass is 16.6. The van der Waals surface area contributed by atoms with Crippen LogP contribution >= 0.6 is 0 Å². The molecule has 206 valence electrons. The number of carbonyl (C=O) groups excluding carboxylic acids is 3. The van der Waals surface area contributed by atoms with Gasteiger partial charge in [-0.3, -0.25) is 14.4 Å². The van der Waals surface area contributed by atoms with E-state index in [1.54, 1.807) is 0 Å². The van der Waals surface area contributed by atoms with Gasteiger partial charge in [0.05, 0.1) is 5.60 Å². The van der Waals surface area contributed by atoms with Gasteiger partial charge < -0.3 is 9.47 Å². The summed E-state index contributed by atoms with van der Waals surface area (Å²) in [5, 5.41) is 0. The molecule has 0 unspecified atom stereocenters. The normalized spacial score (nSPS) is 43.4. The highest BCUT2D eigenvalue weighted by Crippen LogP contribution is 2.73. The summed E-state index contributed by atoms with van der Waals surface area (Å²) in [7, 11) is 0. The minimum atomic E-state index is -0.335. The van der Waals surface area contributed by atoms with Crippen molar-refractivity contribution < 1.29 is 23.9 Å². The van der Waals surface area contributed by atoms with Crippen LogP contribution in [0.3, 0.4) is 0 Å². The number of carbonyl (C=O) groups is 3. The summed E-state index contributed by atoms with van der Waals surface area (Å²) in [6.45, 7) is 19.3. The van der Waals surface area contributed by atoms with E-state index in [1.165, 1.54) is 12.5 Å². The summed E-state index contributed by atoms with van der Waals surface area (Å²) in [4.78, 5) is 38.6. The zero-order valence-electron chi connectivity index (χ0n) is 24.6. The van der Waals surface area contributed by atoms with E-state index in [2.05, 4.69) is 41.5 Å². The van der Waals surface area contributed by atoms with Gasteiger partial charge in [0.15, 0.2) is 5.78 Å². The van der Waals surface area contributed by atoms with Gasteiger partial charge in [0.1, 0.15) is 18.0 Å². The second-order valence-electron chi connectivity index (χ2n) is 15.0. The van der Waals surface area contributed by atoms with Crippen molar-refractivity contribution in [2.45, 2.75) is 131 Å². The number of ketones is 2. The molecule has 0 spiro atoms. The Balaban J connectivity index is 1.46. The SMILES string of the molecule is CC(=O)O[C@@H](C[C@@H](C)C1=C2CC[C@H]3[C@@]4(C)CCC(=O)C(C)(C)[C@@H]4CC[C@]3(C)[C@@]2(C)CC1=O)[C@H]1OC1(C)C. The fourth-order valence-electron chi connectivity index (χ4n) is 10.2. The lowest BCUT2D eigenvalue weighted by Gasteiger charge is -2.67. The Morgan fingerprint density at radius 3 is 2.24 bits per heavy atom. The maximum Gasteiger partial charge on any atom is 0.302 e. The molecule has 0 N–H and O–H groups in total. The lowest BCUT2D eigenvalue weighted by atomic mass is 9.36. The molecule has 4 aliphatic carbocycles. The lowest BCUT2D eigenvalue weighted by Crippen LogP contribution is -2.62. The fourth-order valence-corrected chi connectivity index (χ4v) is 10.2. The second-order valence-corrected chi connectivity index (χ2v) is 15.0. The van der Waals surface area contributed by atoms with Crippen LogP contribution in [0.5, 0.6) is 0 Å². The Hall–Kier alpha value is -1.49. The quantitative estimate of drug-likeness (QED) is 0.306. The zero-order valence-corrected chi connectivity index (χ0v) is 24.6. The molecular weight excluding hydrogens is 464 g/mol. The molecule has 1 aliphatic heterocycles. The van der Waals surface area contributed by atoms with Crippen molar-refractivity contribution in [1.82, 2.24) is 0 Å². The monoisotopic (exact) mass is 512 g/mol. The van der Waals surface area contributed by atoms with Crippen molar-refractivity contribution in [1.29, 1.82) is 0 Å². The van der Waals surface area contributed by atoms with E-state index >= 15 is 0 Å². The number of ether oxygens (including phenoxy) is 2. The maximum absolute atomic E-state index is 13.8. The highest BCUT2D eigenvalue weighted by molar-refractivity contribution is 6.00. The number of esters is 1. The summed E-state index contributed by atoms with van der Waals surface area (Å²) in [5.74, 6) is 1.36. The van der Waals surface area contributed by atoms with Crippen LogP contribution in [0.25, 0.3) is 0 Å². The number of Topliss-reactive ketones (excluding diaryl/α,β-unsaturated/α-hetero) is 2. The Morgan fingerprint density at radius 1 is 1.00 bits per heavy atom. The third kappa shape index (κ3) is 3.76. The van der Waals surface area contributed by atoms with E-state index in [4.69, 9.17) is 9.47 Å². The molecule has 0 radical (unpaired) electrons. The zero-order chi connectivity index (χ0) is 27.3. The van der Waals surface area contributed by atoms with E-state index in [1.807, 2.05) is 13.8 Å². The van der Waals surface area contributed by atoms with E-state index < -0.39 is 0 Å². The number of epoxide rings is 1. The molecule has 37 heavy (non-hydrogen) atoms. The van der Waals surface area contributed by atoms with Crippen LogP contribution in [0.4, 0.5) is 0 Å². The van der Waals surface area contributed by atoms with Gasteiger partial charge in [-0.1, -0.05) is 47.1 Å². The standard InChI is InChI=1S/C32H48O5/c1-18(16-22(36-19(2)33)27-29(5,6)37-27)26-20-10-11-24-30(7)14-13-25(35)28(3,4)23(30)12-15-31(24,8)32(20,9)17-21(26)34/h18,22-24,27H,10-17H2,1-9H3/t18-,22+,23+,24+,27-,30+,31+,32+/m1/s1. The predicted molar refractivity (Wildman–Crippen MR) is 143 cm³/mol. The summed E-state index contributed by atoms with van der Waals surface area (Å²) in [5.41, 5.74) is 1.84. The van der Waals surface area contributed by atoms with Gasteiger partial charge in [0.25, 0.3) is 0 Å². The lowest BCUT2D eigenvalue weighted by molar-refractivity contribution is -0.180. The van der Waals surface area contributed by atoms with Crippen LogP contribution in [0.15, 0.2) is 11.1 Å². The molecular formula is C32H48O5. The number of fused-ring (bicyclic) bond motifs is 5. The van der Waals surface area contributed by atoms with E-state index in [-0.39, 0.29) is 57.1 Å². The molecule has 1 heterocycles. The Labute approximate surface area is 223 Å². The molecule has 5 rings (SSSR count). The van der Waals surface area contributed by atoms with Crippen molar-refractivity contribution in [2.24, 2.45) is 39.4 Å². The van der Waals surface area contributed by atoms with Crippen LogP contribution in [-0.4, -0.2) is 35.3 Å². The van der Waals surface area contributed by atoms with Gasteiger partial charge in [-0.15, -0.1) is 0 Å². The van der Waals surface area contributed by atoms with Crippen molar-refractivity contribution in [2.75, 3.05) is 0 Å². The van der Waals surface area contributed by atoms with Gasteiger partial charge in [-0.25, -0.2) is 0 Å². The van der Waals surface area contributed by atoms with Gasteiger partial charge in [0.2, 0.25) is 0 Å². The van der Waals surface area contributed by atoms with Crippen LogP contribution in [0, 0.1) is 39.4 Å². The summed E-state index contributed by atoms with van der Waals surface area (Å²) < 4.78 is 11.6. The Morgan fingerprint density at radius 2 is 1.65 bits per heavy atom. The largest absolute Gasteiger partial charge is 0.460 e. The van der Waals surface area contributed by atoms with E-state index in [0.29, 0.717) is 36.9 Å². The van der Waals surface area contributed by atoms with Gasteiger partial charge in [-0.2, -0.15) is 0 Å². The summed E-state index contributed by atoms with van der Waals surface area (Å²) in [6.07, 6.45) is 6.60. The molecule has 0 amide bonds. The second kappa shape index (κ2) is 8.26. The topological polar surface area (TPSA) is 73.0 Å². The molecule has 4 fully saturated rings. The first-order valence-corrected chi connectivity index (χ1v) is 14.6. The van der Waals surface area contributed by atoms with Crippen LogP contribution in [0.1, 0.15) is 114 Å². The van der Waals surface area contributed by atoms with Crippen molar-refractivity contribution in [3.8, 4) is 0 Å². The summed E-state index contributed by atoms with van der Waals surface area (Å²) >= 11 is 0. The van der Waals surface area contributed by atoms with Crippen LogP contribution in [-0.2, 0) is 23.9 Å². The highest BCUT2D eigenvalue weighted by Gasteiger charge is 2.68. The van der Waals surface area contributed by atoms with Crippen molar-refractivity contribution >= 4 is 17.5 Å². The third-order valence-electron chi connectivity index (χ3n) is 12.3. The molecule has 0 aromatic carbocycles. The maximum atomic E-state index is 13.8. The number of hydrogen-bond donors (Lipinski definition) is 0. The molecule has 5 heteroatoms. The first kappa shape index (κ1) is 27.1. The number of hydrogen-bond acceptors (Lipinski definition) is 5. The van der Waals surface area contributed by atoms with Gasteiger partial charge in [-0.05, 0) is 86.5 Å². The first-order valence-electron chi connectivity index (χ1n) is 14.6. The van der Waals surface area contributed by atoms with Gasteiger partial charge >= 0.3 is 5.97 Å². The predicted octanol–water partition coefficient (Wildman–Crippen LogP) is 6.62. The average molecular weight is 513 g/mol. The van der Waals surface area contributed by atoms with Crippen molar-refractivity contribution in [3.05, 3.63) is 11.1 Å². The molecule has 3 saturated carbocycles. The number of rotatable bonds is 5. The molecule has 5 aliphatic rings. The number of allylic oxidation sites excluding steroid dienone is 2. The molecule has 0 aromatic heterocycles. The van der Waals surface area contributed by atoms with E-state index in [0.717, 1.165) is 37.7 Å². The minimum Gasteiger partial charge on any atom is -0.460 e. The molecule has 8 atom stereocenters. The third-order valence-corrected chi connectivity index (χ3v) is 12.3. The van der Waals surface area contributed by atoms with Crippen molar-refractivity contribution in [3.63, 3.8) is 0 Å². The molecule has 1 saturated heterocycles. The van der Waals surface area contributed by atoms with Crippen LogP contribution in [0.2, 0.25) is 0 Å². The summed E-state index contributed by atoms with van der Waals surface area (Å²) in [6, 6.07) is 0. The molecule has 5 nitrogen and oxygen atoms in total. The first-order chi connectivity index (χ1) is 17.0. The minimum absolute atomic E-state index is 0.0204. The Bertz CT molecular complexity index is 1070. The smallest absolute Gasteiger partial charge is 0.302 e. The average Bonchev–Trinajstić information content (AvgIpc) is 3.31. The van der Waals surface area contributed by atoms with Crippen LogP contribution < -0.4 is 0 Å². The van der Waals surface area contributed by atoms with E-state index in [9.17, 15) is 14.4 Å². The fraction of sp³-hybridized carbons (Fsp3) is 0.844. The molecule has 0 aromatic rings.